The smallest absolute Gasteiger partial charge is 0.277 e. The van der Waals surface area contributed by atoms with Crippen molar-refractivity contribution in [2.45, 2.75) is 32.1 Å². The minimum absolute atomic E-state index is 0.0531. The Kier molecular flexibility index (Phi) is 4.97. The highest BCUT2D eigenvalue weighted by molar-refractivity contribution is 5.99. The van der Waals surface area contributed by atoms with Crippen LogP contribution in [0.25, 0.3) is 0 Å². The number of halogens is 2. The summed E-state index contributed by atoms with van der Waals surface area (Å²) in [6.07, 6.45) is -0.781. The molecule has 8 heteroatoms. The summed E-state index contributed by atoms with van der Waals surface area (Å²) in [4.78, 5) is 20.7. The standard InChI is InChI=1S/C21H18F2N4O2/c1-29-20-12(10-24)3-2-4-14(20)26-15-7-13(8-18(28)11-5-6-11)25-16-9-17(21(22)23)27-19(15)16/h2-4,7,11,21H,5-6,8-9H2,1H3,(H,25,26). The van der Waals surface area contributed by atoms with Crippen molar-refractivity contribution >= 4 is 28.6 Å². The first kappa shape index (κ1) is 19.0. The van der Waals surface area contributed by atoms with E-state index in [1.165, 1.54) is 7.11 Å². The molecule has 2 aliphatic rings. The summed E-state index contributed by atoms with van der Waals surface area (Å²) in [6.45, 7) is 0. The SMILES string of the molecule is COc1c(C#N)cccc1Nc1cc(CC(=O)C2CC2)nc2c1N=C(C(F)F)C2. The maximum absolute atomic E-state index is 13.2. The third kappa shape index (κ3) is 3.81. The molecule has 148 valence electrons. The van der Waals surface area contributed by atoms with Crippen molar-refractivity contribution in [2.75, 3.05) is 12.4 Å². The Morgan fingerprint density at radius 3 is 2.83 bits per heavy atom. The number of anilines is 2. The molecule has 0 spiro atoms. The van der Waals surface area contributed by atoms with Gasteiger partial charge in [0.15, 0.2) is 5.75 Å². The molecule has 0 atom stereocenters. The molecule has 0 radical (unpaired) electrons. The molecule has 29 heavy (non-hydrogen) atoms. The maximum atomic E-state index is 13.2. The minimum Gasteiger partial charge on any atom is -0.493 e. The van der Waals surface area contributed by atoms with Crippen LogP contribution in [0.1, 0.15) is 29.8 Å². The number of nitrogens with zero attached hydrogens (tertiary/aromatic N) is 3. The molecule has 1 aromatic heterocycles. The number of fused-ring (bicyclic) bond motifs is 1. The van der Waals surface area contributed by atoms with Crippen molar-refractivity contribution in [3.05, 3.63) is 41.2 Å². The second-order valence-corrected chi connectivity index (χ2v) is 7.08. The molecule has 1 saturated carbocycles. The third-order valence-electron chi connectivity index (χ3n) is 4.97. The number of Topliss-reactive ketones (excluding diaryl/α,β-unsaturated/α-hetero) is 1. The Balaban J connectivity index is 1.74. The molecule has 0 saturated heterocycles. The van der Waals surface area contributed by atoms with Crippen molar-refractivity contribution in [1.29, 1.82) is 5.26 Å². The van der Waals surface area contributed by atoms with Crippen LogP contribution in [0.5, 0.6) is 5.75 Å². The Bertz CT molecular complexity index is 1060. The van der Waals surface area contributed by atoms with E-state index < -0.39 is 6.43 Å². The highest BCUT2D eigenvalue weighted by atomic mass is 19.3. The van der Waals surface area contributed by atoms with E-state index in [2.05, 4.69) is 21.4 Å². The maximum Gasteiger partial charge on any atom is 0.277 e. The van der Waals surface area contributed by atoms with Gasteiger partial charge in [-0.3, -0.25) is 9.78 Å². The van der Waals surface area contributed by atoms with Crippen LogP contribution in [-0.2, 0) is 17.6 Å². The van der Waals surface area contributed by atoms with Gasteiger partial charge in [0, 0.05) is 18.8 Å². The average Bonchev–Trinajstić information content (AvgIpc) is 3.46. The molecule has 4 rings (SSSR count). The molecule has 1 aliphatic carbocycles. The van der Waals surface area contributed by atoms with Gasteiger partial charge in [-0.2, -0.15) is 5.26 Å². The van der Waals surface area contributed by atoms with Crippen molar-refractivity contribution in [3.63, 3.8) is 0 Å². The molecule has 1 aliphatic heterocycles. The van der Waals surface area contributed by atoms with Gasteiger partial charge < -0.3 is 10.1 Å². The van der Waals surface area contributed by atoms with Crippen LogP contribution in [0, 0.1) is 17.2 Å². The first-order valence-corrected chi connectivity index (χ1v) is 9.25. The van der Waals surface area contributed by atoms with Crippen LogP contribution >= 0.6 is 0 Å². The minimum atomic E-state index is -2.68. The van der Waals surface area contributed by atoms with Gasteiger partial charge in [-0.1, -0.05) is 6.07 Å². The molecule has 0 unspecified atom stereocenters. The number of hydrogen-bond donors (Lipinski definition) is 1. The van der Waals surface area contributed by atoms with Gasteiger partial charge in [0.25, 0.3) is 6.43 Å². The summed E-state index contributed by atoms with van der Waals surface area (Å²) in [6, 6.07) is 8.74. The van der Waals surface area contributed by atoms with E-state index in [1.807, 2.05) is 0 Å². The fourth-order valence-electron chi connectivity index (χ4n) is 3.38. The molecule has 2 aromatic rings. The Morgan fingerprint density at radius 2 is 2.17 bits per heavy atom. The van der Waals surface area contributed by atoms with Crippen molar-refractivity contribution in [2.24, 2.45) is 10.9 Å². The lowest BCUT2D eigenvalue weighted by atomic mass is 10.1. The first-order chi connectivity index (χ1) is 14.0. The lowest BCUT2D eigenvalue weighted by Gasteiger charge is -2.15. The van der Waals surface area contributed by atoms with Gasteiger partial charge in [0.05, 0.1) is 41.1 Å². The number of ether oxygens (including phenoxy) is 1. The number of para-hydroxylation sites is 1. The summed E-state index contributed by atoms with van der Waals surface area (Å²) in [5.41, 5.74) is 2.30. The van der Waals surface area contributed by atoms with Gasteiger partial charge in [0.1, 0.15) is 17.5 Å². The van der Waals surface area contributed by atoms with E-state index in [9.17, 15) is 18.8 Å². The largest absolute Gasteiger partial charge is 0.493 e. The number of methoxy groups -OCH3 is 1. The number of nitriles is 1. The number of pyridine rings is 1. The van der Waals surface area contributed by atoms with Crippen LogP contribution in [0.3, 0.4) is 0 Å². The van der Waals surface area contributed by atoms with Crippen LogP contribution in [0.15, 0.2) is 29.3 Å². The second kappa shape index (κ2) is 7.59. The Hall–Kier alpha value is -3.34. The number of carbonyl (C=O) groups is 1. The predicted molar refractivity (Wildman–Crippen MR) is 103 cm³/mol. The van der Waals surface area contributed by atoms with Crippen molar-refractivity contribution in [3.8, 4) is 11.8 Å². The third-order valence-corrected chi connectivity index (χ3v) is 4.97. The molecule has 2 heterocycles. The van der Waals surface area contributed by atoms with E-state index in [4.69, 9.17) is 4.74 Å². The number of rotatable bonds is 7. The van der Waals surface area contributed by atoms with Gasteiger partial charge in [0.2, 0.25) is 0 Å². The predicted octanol–water partition coefficient (Wildman–Crippen LogP) is 4.12. The Labute approximate surface area is 166 Å². The number of nitrogens with one attached hydrogen (secondary N) is 1. The number of alkyl halides is 2. The zero-order chi connectivity index (χ0) is 20.5. The number of ketones is 1. The van der Waals surface area contributed by atoms with E-state index >= 15 is 0 Å². The highest BCUT2D eigenvalue weighted by Gasteiger charge is 2.31. The van der Waals surface area contributed by atoms with Gasteiger partial charge in [-0.15, -0.1) is 0 Å². The summed E-state index contributed by atoms with van der Waals surface area (Å²) < 4.78 is 31.8. The van der Waals surface area contributed by atoms with Crippen LogP contribution in [0.2, 0.25) is 0 Å². The summed E-state index contributed by atoms with van der Waals surface area (Å²) in [5, 5.41) is 12.4. The van der Waals surface area contributed by atoms with Gasteiger partial charge in [-0.05, 0) is 31.0 Å². The molecule has 1 fully saturated rings. The molecule has 0 amide bonds. The number of aliphatic imine (C=N–C) groups is 1. The lowest BCUT2D eigenvalue weighted by Crippen LogP contribution is -2.11. The molecule has 0 bridgehead atoms. The lowest BCUT2D eigenvalue weighted by molar-refractivity contribution is -0.119. The number of carbonyl (C=O) groups excluding carboxylic acids is 1. The van der Waals surface area contributed by atoms with E-state index in [0.717, 1.165) is 12.8 Å². The Morgan fingerprint density at radius 1 is 1.38 bits per heavy atom. The number of aromatic nitrogens is 1. The van der Waals surface area contributed by atoms with Crippen LogP contribution < -0.4 is 10.1 Å². The van der Waals surface area contributed by atoms with Crippen molar-refractivity contribution in [1.82, 2.24) is 4.98 Å². The quantitative estimate of drug-likeness (QED) is 0.761. The van der Waals surface area contributed by atoms with Gasteiger partial charge in [-0.25, -0.2) is 13.8 Å². The normalized spacial score (nSPS) is 14.9. The molecule has 6 nitrogen and oxygen atoms in total. The van der Waals surface area contributed by atoms with Gasteiger partial charge >= 0.3 is 0 Å². The summed E-state index contributed by atoms with van der Waals surface area (Å²) in [5.74, 6) is 0.537. The highest BCUT2D eigenvalue weighted by Crippen LogP contribution is 2.40. The molecular formula is C21H18F2N4O2. The van der Waals surface area contributed by atoms with Crippen LogP contribution in [-0.4, -0.2) is 30.0 Å². The van der Waals surface area contributed by atoms with Crippen molar-refractivity contribution < 1.29 is 18.3 Å². The summed E-state index contributed by atoms with van der Waals surface area (Å²) >= 11 is 0. The molecular weight excluding hydrogens is 378 g/mol. The number of benzene rings is 1. The second-order valence-electron chi connectivity index (χ2n) is 7.08. The fraction of sp³-hybridized carbons (Fsp3) is 0.333. The monoisotopic (exact) mass is 396 g/mol. The average molecular weight is 396 g/mol. The zero-order valence-electron chi connectivity index (χ0n) is 15.7. The fourth-order valence-corrected chi connectivity index (χ4v) is 3.38. The van der Waals surface area contributed by atoms with E-state index in [-0.39, 0.29) is 30.3 Å². The first-order valence-electron chi connectivity index (χ1n) is 9.25. The summed E-state index contributed by atoms with van der Waals surface area (Å²) in [7, 11) is 1.45. The van der Waals surface area contributed by atoms with Crippen LogP contribution in [0.4, 0.5) is 25.8 Å². The molecule has 1 N–H and O–H groups in total. The van der Waals surface area contributed by atoms with E-state index in [1.54, 1.807) is 24.3 Å². The van der Waals surface area contributed by atoms with E-state index in [0.29, 0.717) is 39.8 Å². The topological polar surface area (TPSA) is 87.4 Å². The zero-order valence-corrected chi connectivity index (χ0v) is 15.7. The number of hydrogen-bond acceptors (Lipinski definition) is 6. The molecule has 1 aromatic carbocycles.